The molecule has 26 heavy (non-hydrogen) atoms. The largest absolute Gasteiger partial charge is 0.355 e. The van der Waals surface area contributed by atoms with E-state index in [9.17, 15) is 13.2 Å². The third-order valence-corrected chi connectivity index (χ3v) is 6.87. The standard InChI is InChI=1S/C18H11N3O3S2/c22-16-8-26(23,24)18-7-11-13(3-4-19-14(11)6-12(16)18)21-10-1-2-17-15(5-10)20-9-25-17/h1-7,9H,8H2,(H,19,21). The number of benzene rings is 2. The van der Waals surface area contributed by atoms with Gasteiger partial charge < -0.3 is 5.32 Å². The van der Waals surface area contributed by atoms with Crippen molar-refractivity contribution in [1.29, 1.82) is 0 Å². The fraction of sp³-hybridized carbons (Fsp3) is 0.0556. The summed E-state index contributed by atoms with van der Waals surface area (Å²) in [5.41, 5.74) is 5.06. The molecule has 0 aliphatic carbocycles. The molecule has 1 aliphatic rings. The zero-order valence-electron chi connectivity index (χ0n) is 13.3. The highest BCUT2D eigenvalue weighted by atomic mass is 32.2. The van der Waals surface area contributed by atoms with Crippen LogP contribution in [0.25, 0.3) is 21.1 Å². The molecule has 0 spiro atoms. The summed E-state index contributed by atoms with van der Waals surface area (Å²) in [4.78, 5) is 20.6. The number of anilines is 2. The average molecular weight is 381 g/mol. The predicted molar refractivity (Wildman–Crippen MR) is 101 cm³/mol. The van der Waals surface area contributed by atoms with Gasteiger partial charge in [-0.1, -0.05) is 0 Å². The van der Waals surface area contributed by atoms with Gasteiger partial charge in [-0.25, -0.2) is 13.4 Å². The van der Waals surface area contributed by atoms with Crippen molar-refractivity contribution in [2.45, 2.75) is 4.90 Å². The van der Waals surface area contributed by atoms with Gasteiger partial charge in [0.05, 0.1) is 26.1 Å². The first-order valence-electron chi connectivity index (χ1n) is 7.80. The molecule has 1 aliphatic heterocycles. The molecule has 0 unspecified atom stereocenters. The number of hydrogen-bond acceptors (Lipinski definition) is 7. The maximum Gasteiger partial charge on any atom is 0.186 e. The number of nitrogens with zero attached hydrogens (tertiary/aromatic N) is 2. The van der Waals surface area contributed by atoms with Crippen molar-refractivity contribution in [3.8, 4) is 0 Å². The molecule has 4 aromatic rings. The monoisotopic (exact) mass is 381 g/mol. The highest BCUT2D eigenvalue weighted by Gasteiger charge is 2.34. The summed E-state index contributed by atoms with van der Waals surface area (Å²) in [5.74, 6) is -0.849. The van der Waals surface area contributed by atoms with Gasteiger partial charge in [0.25, 0.3) is 0 Å². The lowest BCUT2D eigenvalue weighted by atomic mass is 10.1. The molecular formula is C18H11N3O3S2. The summed E-state index contributed by atoms with van der Waals surface area (Å²) in [5, 5.41) is 3.96. The maximum absolute atomic E-state index is 12.2. The smallest absolute Gasteiger partial charge is 0.186 e. The van der Waals surface area contributed by atoms with Crippen LogP contribution in [0.5, 0.6) is 0 Å². The molecule has 0 bridgehead atoms. The van der Waals surface area contributed by atoms with E-state index in [0.29, 0.717) is 10.9 Å². The number of hydrogen-bond donors (Lipinski definition) is 1. The van der Waals surface area contributed by atoms with Gasteiger partial charge in [-0.05, 0) is 36.4 Å². The Balaban J connectivity index is 1.67. The zero-order chi connectivity index (χ0) is 17.9. The van der Waals surface area contributed by atoms with Crippen LogP contribution in [0, 0.1) is 0 Å². The van der Waals surface area contributed by atoms with Crippen molar-refractivity contribution in [2.75, 3.05) is 11.1 Å². The second kappa shape index (κ2) is 5.33. The zero-order valence-corrected chi connectivity index (χ0v) is 14.9. The number of carbonyl (C=O) groups excluding carboxylic acids is 1. The normalized spacial score (nSPS) is 15.5. The molecule has 0 amide bonds. The quantitative estimate of drug-likeness (QED) is 0.571. The number of sulfone groups is 1. The van der Waals surface area contributed by atoms with Gasteiger partial charge in [0.1, 0.15) is 5.75 Å². The summed E-state index contributed by atoms with van der Waals surface area (Å²) in [7, 11) is -3.57. The van der Waals surface area contributed by atoms with E-state index in [1.165, 1.54) is 0 Å². The number of aromatic nitrogens is 2. The third-order valence-electron chi connectivity index (χ3n) is 4.41. The van der Waals surface area contributed by atoms with Crippen molar-refractivity contribution < 1.29 is 13.2 Å². The van der Waals surface area contributed by atoms with Gasteiger partial charge >= 0.3 is 0 Å². The number of Topliss-reactive ketones (excluding diaryl/α,β-unsaturated/α-hetero) is 1. The number of fused-ring (bicyclic) bond motifs is 3. The molecule has 0 saturated heterocycles. The molecule has 8 heteroatoms. The molecule has 3 heterocycles. The van der Waals surface area contributed by atoms with Crippen molar-refractivity contribution >= 4 is 59.5 Å². The molecular weight excluding hydrogens is 370 g/mol. The lowest BCUT2D eigenvalue weighted by Crippen LogP contribution is -2.03. The van der Waals surface area contributed by atoms with Crippen molar-refractivity contribution in [1.82, 2.24) is 9.97 Å². The Morgan fingerprint density at radius 3 is 2.81 bits per heavy atom. The maximum atomic E-state index is 12.2. The van der Waals surface area contributed by atoms with Gasteiger partial charge in [0.15, 0.2) is 15.6 Å². The number of rotatable bonds is 2. The van der Waals surface area contributed by atoms with Crippen molar-refractivity contribution in [3.05, 3.63) is 53.7 Å². The number of nitrogens with one attached hydrogen (secondary N) is 1. The van der Waals surface area contributed by atoms with E-state index in [0.717, 1.165) is 21.6 Å². The van der Waals surface area contributed by atoms with Crippen LogP contribution in [-0.2, 0) is 9.84 Å². The Bertz CT molecular complexity index is 1330. The molecule has 0 saturated carbocycles. The fourth-order valence-corrected chi connectivity index (χ4v) is 5.30. The molecule has 2 aromatic carbocycles. The first-order valence-corrected chi connectivity index (χ1v) is 10.3. The summed E-state index contributed by atoms with van der Waals surface area (Å²) in [6.45, 7) is 0. The van der Waals surface area contributed by atoms with E-state index >= 15 is 0 Å². The topological polar surface area (TPSA) is 89.0 Å². The van der Waals surface area contributed by atoms with E-state index in [4.69, 9.17) is 0 Å². The van der Waals surface area contributed by atoms with Gasteiger partial charge in [-0.2, -0.15) is 0 Å². The van der Waals surface area contributed by atoms with Gasteiger partial charge in [-0.15, -0.1) is 11.3 Å². The van der Waals surface area contributed by atoms with Crippen LogP contribution in [0.4, 0.5) is 11.4 Å². The number of pyridine rings is 1. The van der Waals surface area contributed by atoms with E-state index in [-0.39, 0.29) is 16.2 Å². The summed E-state index contributed by atoms with van der Waals surface area (Å²) >= 11 is 1.57. The van der Waals surface area contributed by atoms with Gasteiger partial charge in [0.2, 0.25) is 0 Å². The van der Waals surface area contributed by atoms with E-state index in [2.05, 4.69) is 15.3 Å². The minimum Gasteiger partial charge on any atom is -0.355 e. The Labute approximate surface area is 152 Å². The summed E-state index contributed by atoms with van der Waals surface area (Å²) in [6, 6.07) is 10.8. The lowest BCUT2D eigenvalue weighted by molar-refractivity contribution is 0.102. The minimum atomic E-state index is -3.57. The van der Waals surface area contributed by atoms with Crippen LogP contribution in [0.1, 0.15) is 10.4 Å². The Morgan fingerprint density at radius 1 is 1.04 bits per heavy atom. The predicted octanol–water partition coefficient (Wildman–Crippen LogP) is 3.56. The SMILES string of the molecule is O=C1CS(=O)(=O)c2cc3c(Nc4ccc5scnc5c4)ccnc3cc21. The Morgan fingerprint density at radius 2 is 1.92 bits per heavy atom. The molecule has 1 N–H and O–H groups in total. The number of thiazole rings is 1. The van der Waals surface area contributed by atoms with Crippen molar-refractivity contribution in [3.63, 3.8) is 0 Å². The average Bonchev–Trinajstić information content (AvgIpc) is 3.16. The first-order chi connectivity index (χ1) is 12.5. The lowest BCUT2D eigenvalue weighted by Gasteiger charge is -2.10. The Hall–Kier alpha value is -2.84. The van der Waals surface area contributed by atoms with E-state index in [1.807, 2.05) is 18.2 Å². The molecule has 5 rings (SSSR count). The number of carbonyl (C=O) groups is 1. The van der Waals surface area contributed by atoms with E-state index < -0.39 is 15.6 Å². The molecule has 0 fully saturated rings. The van der Waals surface area contributed by atoms with Gasteiger partial charge in [-0.3, -0.25) is 9.78 Å². The first kappa shape index (κ1) is 15.4. The van der Waals surface area contributed by atoms with Crippen LogP contribution < -0.4 is 5.32 Å². The van der Waals surface area contributed by atoms with Crippen LogP contribution in [0.2, 0.25) is 0 Å². The third kappa shape index (κ3) is 2.30. The Kier molecular flexibility index (Phi) is 3.16. The van der Waals surface area contributed by atoms with Crippen LogP contribution in [-0.4, -0.2) is 29.9 Å². The van der Waals surface area contributed by atoms with Crippen LogP contribution >= 0.6 is 11.3 Å². The fourth-order valence-electron chi connectivity index (χ4n) is 3.18. The molecule has 0 radical (unpaired) electrons. The molecule has 128 valence electrons. The van der Waals surface area contributed by atoms with Gasteiger partial charge in [0, 0.05) is 28.5 Å². The minimum absolute atomic E-state index is 0.0843. The summed E-state index contributed by atoms with van der Waals surface area (Å²) in [6.07, 6.45) is 1.63. The molecule has 2 aromatic heterocycles. The highest BCUT2D eigenvalue weighted by Crippen LogP contribution is 2.34. The molecule has 6 nitrogen and oxygen atoms in total. The summed E-state index contributed by atoms with van der Waals surface area (Å²) < 4.78 is 25.5. The molecule has 0 atom stereocenters. The highest BCUT2D eigenvalue weighted by molar-refractivity contribution is 7.92. The second-order valence-corrected chi connectivity index (χ2v) is 8.91. The van der Waals surface area contributed by atoms with Crippen LogP contribution in [0.15, 0.2) is 53.0 Å². The number of ketones is 1. The van der Waals surface area contributed by atoms with E-state index in [1.54, 1.807) is 41.2 Å². The second-order valence-electron chi connectivity index (χ2n) is 6.07. The van der Waals surface area contributed by atoms with Crippen molar-refractivity contribution in [2.24, 2.45) is 0 Å². The van der Waals surface area contributed by atoms with Crippen LogP contribution in [0.3, 0.4) is 0 Å².